The molecule has 3 aromatic rings. The van der Waals surface area contributed by atoms with Gasteiger partial charge in [0, 0.05) is 0 Å². The van der Waals surface area contributed by atoms with Gasteiger partial charge in [0.25, 0.3) is 0 Å². The van der Waals surface area contributed by atoms with Gasteiger partial charge in [-0.25, -0.2) is 0 Å². The highest BCUT2D eigenvalue weighted by Gasteiger charge is 2.19. The first-order valence-electron chi connectivity index (χ1n) is 4.92. The molecule has 0 aliphatic heterocycles. The molecule has 0 radical (unpaired) electrons. The summed E-state index contributed by atoms with van der Waals surface area (Å²) >= 11 is 0. The van der Waals surface area contributed by atoms with Crippen molar-refractivity contribution >= 4 is 21.9 Å². The third-order valence-electron chi connectivity index (χ3n) is 2.65. The molecule has 0 unspecified atom stereocenters. The van der Waals surface area contributed by atoms with E-state index in [-0.39, 0.29) is 11.5 Å². The van der Waals surface area contributed by atoms with Crippen LogP contribution in [0.5, 0.6) is 11.5 Å². The van der Waals surface area contributed by atoms with Crippen LogP contribution in [0.2, 0.25) is 0 Å². The monoisotopic (exact) mass is 218 g/mol. The highest BCUT2D eigenvalue weighted by Crippen LogP contribution is 2.43. The number of aryl methyl sites for hydroxylation is 2. The molecule has 2 N–H and O–H groups in total. The molecule has 0 saturated carbocycles. The van der Waals surface area contributed by atoms with E-state index in [9.17, 15) is 10.2 Å². The zero-order valence-corrected chi connectivity index (χ0v) is 8.87. The largest absolute Gasteiger partial charge is 0.504 e. The van der Waals surface area contributed by atoms with Crippen molar-refractivity contribution in [1.82, 2.24) is 0 Å². The molecule has 0 fully saturated rings. The maximum absolute atomic E-state index is 10.00. The molecule has 16 heavy (non-hydrogen) atoms. The number of phenols is 2. The van der Waals surface area contributed by atoms with Crippen molar-refractivity contribution in [3.8, 4) is 11.5 Å². The van der Waals surface area contributed by atoms with Gasteiger partial charge in [0.15, 0.2) is 22.7 Å². The minimum absolute atomic E-state index is 0.00718. The van der Waals surface area contributed by atoms with Crippen LogP contribution in [0.15, 0.2) is 21.0 Å². The van der Waals surface area contributed by atoms with E-state index < -0.39 is 0 Å². The molecule has 4 heteroatoms. The molecule has 0 spiro atoms. The van der Waals surface area contributed by atoms with Gasteiger partial charge in [0.1, 0.15) is 11.5 Å². The van der Waals surface area contributed by atoms with Gasteiger partial charge in [-0.1, -0.05) is 0 Å². The van der Waals surface area contributed by atoms with E-state index >= 15 is 0 Å². The maximum Gasteiger partial charge on any atom is 0.180 e. The molecule has 0 saturated heterocycles. The summed E-state index contributed by atoms with van der Waals surface area (Å²) in [5.41, 5.74) is 0.589. The lowest BCUT2D eigenvalue weighted by Gasteiger charge is -1.98. The summed E-state index contributed by atoms with van der Waals surface area (Å²) in [6.07, 6.45) is 0. The van der Waals surface area contributed by atoms with Crippen LogP contribution in [0.1, 0.15) is 11.5 Å². The second-order valence-electron chi connectivity index (χ2n) is 3.90. The van der Waals surface area contributed by atoms with E-state index in [0.29, 0.717) is 33.5 Å². The molecule has 0 bridgehead atoms. The normalized spacial score (nSPS) is 11.6. The first-order valence-corrected chi connectivity index (χ1v) is 4.92. The average Bonchev–Trinajstić information content (AvgIpc) is 2.78. The third-order valence-corrected chi connectivity index (χ3v) is 2.65. The Morgan fingerprint density at radius 2 is 1.19 bits per heavy atom. The second-order valence-corrected chi connectivity index (χ2v) is 3.90. The van der Waals surface area contributed by atoms with Crippen LogP contribution in [0, 0.1) is 13.8 Å². The Morgan fingerprint density at radius 1 is 0.812 bits per heavy atom. The zero-order chi connectivity index (χ0) is 11.4. The van der Waals surface area contributed by atoms with Crippen LogP contribution >= 0.6 is 0 Å². The number of rotatable bonds is 0. The maximum atomic E-state index is 10.00. The minimum Gasteiger partial charge on any atom is -0.504 e. The number of hydrogen-bond donors (Lipinski definition) is 2. The fraction of sp³-hybridized carbons (Fsp3) is 0.167. The summed E-state index contributed by atoms with van der Waals surface area (Å²) in [7, 11) is 0. The van der Waals surface area contributed by atoms with Crippen LogP contribution in [0.25, 0.3) is 21.9 Å². The number of phenolic OH excluding ortho intramolecular Hbond substituents is 2. The van der Waals surface area contributed by atoms with Crippen LogP contribution in [-0.4, -0.2) is 10.2 Å². The van der Waals surface area contributed by atoms with Gasteiger partial charge in [-0.3, -0.25) is 0 Å². The van der Waals surface area contributed by atoms with E-state index in [1.54, 1.807) is 26.0 Å². The summed E-state index contributed by atoms with van der Waals surface area (Å²) in [6.45, 7) is 3.51. The standard InChI is InChI=1S/C12H10O4/c1-5-3-7-9(13)12-8(4-6(2)16-12)10(14)11(7)15-5/h3-4,13-14H,1-2H3. The lowest BCUT2D eigenvalue weighted by atomic mass is 10.1. The molecular formula is C12H10O4. The van der Waals surface area contributed by atoms with Crippen LogP contribution < -0.4 is 0 Å². The van der Waals surface area contributed by atoms with Gasteiger partial charge in [-0.15, -0.1) is 0 Å². The van der Waals surface area contributed by atoms with Crippen molar-refractivity contribution in [2.75, 3.05) is 0 Å². The van der Waals surface area contributed by atoms with E-state index in [1.807, 2.05) is 0 Å². The number of fused-ring (bicyclic) bond motifs is 2. The summed E-state index contributed by atoms with van der Waals surface area (Å²) in [5.74, 6) is 1.27. The molecule has 82 valence electrons. The number of furan rings is 2. The van der Waals surface area contributed by atoms with Crippen LogP contribution in [-0.2, 0) is 0 Å². The topological polar surface area (TPSA) is 66.7 Å². The first-order chi connectivity index (χ1) is 7.58. The average molecular weight is 218 g/mol. The Labute approximate surface area is 90.7 Å². The van der Waals surface area contributed by atoms with Crippen molar-refractivity contribution < 1.29 is 19.0 Å². The first kappa shape index (κ1) is 9.15. The van der Waals surface area contributed by atoms with Gasteiger partial charge in [0.05, 0.1) is 10.8 Å². The van der Waals surface area contributed by atoms with E-state index in [2.05, 4.69) is 0 Å². The molecule has 4 nitrogen and oxygen atoms in total. The molecule has 0 aliphatic rings. The summed E-state index contributed by atoms with van der Waals surface area (Å²) in [6, 6.07) is 3.34. The van der Waals surface area contributed by atoms with E-state index in [1.165, 1.54) is 0 Å². The van der Waals surface area contributed by atoms with Crippen molar-refractivity contribution in [3.05, 3.63) is 23.7 Å². The third kappa shape index (κ3) is 0.984. The van der Waals surface area contributed by atoms with Crippen molar-refractivity contribution in [2.45, 2.75) is 13.8 Å². The number of aromatic hydroxyl groups is 2. The molecule has 0 atom stereocenters. The molecule has 1 aromatic carbocycles. The minimum atomic E-state index is 0.00718. The molecular weight excluding hydrogens is 208 g/mol. The highest BCUT2D eigenvalue weighted by atomic mass is 16.4. The zero-order valence-electron chi connectivity index (χ0n) is 8.87. The SMILES string of the molecule is Cc1cc2c(O)c3oc(C)cc3c(O)c2o1. The molecule has 3 rings (SSSR count). The lowest BCUT2D eigenvalue weighted by molar-refractivity contribution is 0.455. The van der Waals surface area contributed by atoms with Gasteiger partial charge >= 0.3 is 0 Å². The quantitative estimate of drug-likeness (QED) is 0.568. The van der Waals surface area contributed by atoms with Crippen LogP contribution in [0.3, 0.4) is 0 Å². The Bertz CT molecular complexity index is 588. The van der Waals surface area contributed by atoms with Crippen molar-refractivity contribution in [1.29, 1.82) is 0 Å². The Kier molecular flexibility index (Phi) is 1.56. The molecule has 2 heterocycles. The van der Waals surface area contributed by atoms with Crippen molar-refractivity contribution in [2.24, 2.45) is 0 Å². The van der Waals surface area contributed by atoms with E-state index in [0.717, 1.165) is 0 Å². The molecule has 0 amide bonds. The Hall–Kier alpha value is -2.10. The molecule has 2 aromatic heterocycles. The summed E-state index contributed by atoms with van der Waals surface area (Å²) in [4.78, 5) is 0. The van der Waals surface area contributed by atoms with Crippen molar-refractivity contribution in [3.63, 3.8) is 0 Å². The second kappa shape index (κ2) is 2.72. The van der Waals surface area contributed by atoms with Gasteiger partial charge < -0.3 is 19.0 Å². The predicted octanol–water partition coefficient (Wildman–Crippen LogP) is 3.21. The fourth-order valence-electron chi connectivity index (χ4n) is 1.98. The Morgan fingerprint density at radius 3 is 1.56 bits per heavy atom. The van der Waals surface area contributed by atoms with Gasteiger partial charge in [-0.2, -0.15) is 0 Å². The van der Waals surface area contributed by atoms with Gasteiger partial charge in [-0.05, 0) is 26.0 Å². The number of hydrogen-bond acceptors (Lipinski definition) is 4. The smallest absolute Gasteiger partial charge is 0.180 e. The lowest BCUT2D eigenvalue weighted by Crippen LogP contribution is -1.72. The summed E-state index contributed by atoms with van der Waals surface area (Å²) in [5, 5.41) is 20.9. The molecule has 0 aliphatic carbocycles. The van der Waals surface area contributed by atoms with E-state index in [4.69, 9.17) is 8.83 Å². The Balaban J connectivity index is 2.63. The predicted molar refractivity (Wildman–Crippen MR) is 58.8 cm³/mol. The summed E-state index contributed by atoms with van der Waals surface area (Å²) < 4.78 is 10.7. The number of benzene rings is 1. The van der Waals surface area contributed by atoms with Crippen LogP contribution in [0.4, 0.5) is 0 Å². The van der Waals surface area contributed by atoms with Gasteiger partial charge in [0.2, 0.25) is 0 Å². The highest BCUT2D eigenvalue weighted by molar-refractivity contribution is 6.06. The fourth-order valence-corrected chi connectivity index (χ4v) is 1.98.